The highest BCUT2D eigenvalue weighted by Gasteiger charge is 2.38. The van der Waals surface area contributed by atoms with Gasteiger partial charge in [-0.25, -0.2) is 0 Å². The Kier molecular flexibility index (Phi) is 5.98. The molecule has 2 aromatic carbocycles. The first-order valence-corrected chi connectivity index (χ1v) is 10.7. The average molecular weight is 405 g/mol. The van der Waals surface area contributed by atoms with Gasteiger partial charge in [0.15, 0.2) is 12.4 Å². The fraction of sp³-hybridized carbons (Fsp3) is 0.400. The van der Waals surface area contributed by atoms with E-state index in [1.165, 1.54) is 17.5 Å². The van der Waals surface area contributed by atoms with Gasteiger partial charge in [-0.05, 0) is 55.4 Å². The first-order chi connectivity index (χ1) is 14.5. The number of ether oxygens (including phenoxy) is 1. The van der Waals surface area contributed by atoms with Crippen LogP contribution in [0.4, 0.5) is 0 Å². The standard InChI is InChI=1S/C25H27NO4/c1-17(18-7-3-2-4-8-18)26-15-22(14-24(26)28)25(29)30-16-23(27)21-12-11-19-9-5-6-10-20(19)13-21/h2-4,7-8,11-13,17,22H,5-6,9-10,14-16H2,1H3/t17-,22-/m0/s1. The zero-order valence-electron chi connectivity index (χ0n) is 17.3. The third-order valence-corrected chi connectivity index (χ3v) is 6.26. The monoisotopic (exact) mass is 405 g/mol. The maximum Gasteiger partial charge on any atom is 0.311 e. The second-order valence-corrected chi connectivity index (χ2v) is 8.26. The van der Waals surface area contributed by atoms with Crippen LogP contribution in [-0.4, -0.2) is 35.7 Å². The molecule has 0 radical (unpaired) electrons. The second kappa shape index (κ2) is 8.82. The van der Waals surface area contributed by atoms with Gasteiger partial charge in [-0.1, -0.05) is 42.5 Å². The normalized spacial score (nSPS) is 19.3. The highest BCUT2D eigenvalue weighted by molar-refractivity contribution is 5.98. The van der Waals surface area contributed by atoms with Crippen LogP contribution in [0.15, 0.2) is 48.5 Å². The van der Waals surface area contributed by atoms with Crippen molar-refractivity contribution in [1.29, 1.82) is 0 Å². The molecule has 2 atom stereocenters. The van der Waals surface area contributed by atoms with E-state index in [-0.39, 0.29) is 30.8 Å². The van der Waals surface area contributed by atoms with Gasteiger partial charge in [-0.15, -0.1) is 0 Å². The lowest BCUT2D eigenvalue weighted by atomic mass is 9.90. The number of hydrogen-bond acceptors (Lipinski definition) is 4. The van der Waals surface area contributed by atoms with Crippen LogP contribution in [0.2, 0.25) is 0 Å². The molecule has 2 aliphatic rings. The molecule has 5 nitrogen and oxygen atoms in total. The number of nitrogens with zero attached hydrogens (tertiary/aromatic N) is 1. The highest BCUT2D eigenvalue weighted by atomic mass is 16.5. The highest BCUT2D eigenvalue weighted by Crippen LogP contribution is 2.29. The van der Waals surface area contributed by atoms with Gasteiger partial charge in [0, 0.05) is 18.5 Å². The van der Waals surface area contributed by atoms with E-state index in [9.17, 15) is 14.4 Å². The lowest BCUT2D eigenvalue weighted by Crippen LogP contribution is -2.30. The van der Waals surface area contributed by atoms with E-state index < -0.39 is 11.9 Å². The van der Waals surface area contributed by atoms with Crippen LogP contribution in [0.5, 0.6) is 0 Å². The Morgan fingerprint density at radius 3 is 2.57 bits per heavy atom. The van der Waals surface area contributed by atoms with Crippen LogP contribution in [-0.2, 0) is 27.2 Å². The Morgan fingerprint density at radius 1 is 1.07 bits per heavy atom. The van der Waals surface area contributed by atoms with Gasteiger partial charge >= 0.3 is 5.97 Å². The van der Waals surface area contributed by atoms with Gasteiger partial charge in [-0.2, -0.15) is 0 Å². The van der Waals surface area contributed by atoms with Crippen molar-refractivity contribution in [2.24, 2.45) is 5.92 Å². The smallest absolute Gasteiger partial charge is 0.311 e. The zero-order valence-corrected chi connectivity index (χ0v) is 17.3. The van der Waals surface area contributed by atoms with Crippen molar-refractivity contribution in [2.45, 2.75) is 45.1 Å². The van der Waals surface area contributed by atoms with Crippen molar-refractivity contribution in [3.8, 4) is 0 Å². The van der Waals surface area contributed by atoms with E-state index in [1.54, 1.807) is 4.90 Å². The molecule has 30 heavy (non-hydrogen) atoms. The molecule has 1 aliphatic carbocycles. The number of carbonyl (C=O) groups is 3. The number of esters is 1. The Labute approximate surface area is 177 Å². The largest absolute Gasteiger partial charge is 0.457 e. The Hall–Kier alpha value is -2.95. The quantitative estimate of drug-likeness (QED) is 0.540. The predicted octanol–water partition coefficient (Wildman–Crippen LogP) is 3.90. The SMILES string of the molecule is C[C@@H](c1ccccc1)N1C[C@@H](C(=O)OCC(=O)c2ccc3c(c2)CCCC3)CC1=O. The third kappa shape index (κ3) is 4.30. The van der Waals surface area contributed by atoms with Gasteiger partial charge in [0.2, 0.25) is 5.91 Å². The minimum Gasteiger partial charge on any atom is -0.457 e. The van der Waals surface area contributed by atoms with Gasteiger partial charge in [0.05, 0.1) is 12.0 Å². The zero-order chi connectivity index (χ0) is 21.1. The van der Waals surface area contributed by atoms with Crippen molar-refractivity contribution >= 4 is 17.7 Å². The van der Waals surface area contributed by atoms with Crippen LogP contribution in [0.3, 0.4) is 0 Å². The summed E-state index contributed by atoms with van der Waals surface area (Å²) in [6, 6.07) is 15.4. The summed E-state index contributed by atoms with van der Waals surface area (Å²) in [5, 5.41) is 0. The molecule has 156 valence electrons. The van der Waals surface area contributed by atoms with E-state index in [4.69, 9.17) is 4.74 Å². The van der Waals surface area contributed by atoms with E-state index in [1.807, 2.05) is 55.5 Å². The number of Topliss-reactive ketones (excluding diaryl/α,β-unsaturated/α-hetero) is 1. The average Bonchev–Trinajstić information content (AvgIpc) is 3.18. The van der Waals surface area contributed by atoms with Gasteiger partial charge in [0.25, 0.3) is 0 Å². The van der Waals surface area contributed by atoms with E-state index in [0.717, 1.165) is 24.8 Å². The molecule has 5 heteroatoms. The minimum atomic E-state index is -0.528. The summed E-state index contributed by atoms with van der Waals surface area (Å²) in [7, 11) is 0. The molecule has 1 fully saturated rings. The Morgan fingerprint density at radius 2 is 1.80 bits per heavy atom. The minimum absolute atomic E-state index is 0.0608. The van der Waals surface area contributed by atoms with Crippen molar-refractivity contribution in [3.63, 3.8) is 0 Å². The number of rotatable bonds is 6. The molecule has 0 bridgehead atoms. The number of likely N-dealkylation sites (tertiary alicyclic amines) is 1. The van der Waals surface area contributed by atoms with Gasteiger partial charge < -0.3 is 9.64 Å². The third-order valence-electron chi connectivity index (χ3n) is 6.26. The lowest BCUT2D eigenvalue weighted by molar-refractivity contribution is -0.147. The first-order valence-electron chi connectivity index (χ1n) is 10.7. The molecular formula is C25H27NO4. The summed E-state index contributed by atoms with van der Waals surface area (Å²) >= 11 is 0. The van der Waals surface area contributed by atoms with Crippen molar-refractivity contribution in [1.82, 2.24) is 4.90 Å². The van der Waals surface area contributed by atoms with Crippen LogP contribution in [0, 0.1) is 5.92 Å². The van der Waals surface area contributed by atoms with E-state index in [0.29, 0.717) is 12.1 Å². The topological polar surface area (TPSA) is 63.7 Å². The Balaban J connectivity index is 1.33. The molecule has 0 unspecified atom stereocenters. The fourth-order valence-electron chi connectivity index (χ4n) is 4.42. The summed E-state index contributed by atoms with van der Waals surface area (Å²) < 4.78 is 5.30. The summed E-state index contributed by atoms with van der Waals surface area (Å²) in [6.45, 7) is 2.00. The molecule has 0 saturated carbocycles. The second-order valence-electron chi connectivity index (χ2n) is 8.26. The summed E-state index contributed by atoms with van der Waals surface area (Å²) in [5.41, 5.74) is 4.16. The molecule has 1 heterocycles. The number of benzene rings is 2. The van der Waals surface area contributed by atoms with Crippen LogP contribution >= 0.6 is 0 Å². The molecule has 1 amide bonds. The maximum absolute atomic E-state index is 12.5. The van der Waals surface area contributed by atoms with Crippen molar-refractivity contribution in [2.75, 3.05) is 13.2 Å². The number of fused-ring (bicyclic) bond motifs is 1. The van der Waals surface area contributed by atoms with Crippen LogP contribution < -0.4 is 0 Å². The molecular weight excluding hydrogens is 378 g/mol. The van der Waals surface area contributed by atoms with Crippen molar-refractivity contribution < 1.29 is 19.1 Å². The molecule has 1 saturated heterocycles. The van der Waals surface area contributed by atoms with Crippen LogP contribution in [0.1, 0.15) is 59.3 Å². The van der Waals surface area contributed by atoms with Gasteiger partial charge in [0.1, 0.15) is 0 Å². The lowest BCUT2D eigenvalue weighted by Gasteiger charge is -2.25. The van der Waals surface area contributed by atoms with Crippen molar-refractivity contribution in [3.05, 3.63) is 70.8 Å². The summed E-state index contributed by atoms with van der Waals surface area (Å²) in [5.74, 6) is -1.26. The van der Waals surface area contributed by atoms with E-state index >= 15 is 0 Å². The maximum atomic E-state index is 12.5. The van der Waals surface area contributed by atoms with Gasteiger partial charge in [-0.3, -0.25) is 14.4 Å². The number of ketones is 1. The molecule has 0 N–H and O–H groups in total. The number of amides is 1. The molecule has 0 aromatic heterocycles. The predicted molar refractivity (Wildman–Crippen MR) is 113 cm³/mol. The number of hydrogen-bond donors (Lipinski definition) is 0. The summed E-state index contributed by atoms with van der Waals surface area (Å²) in [4.78, 5) is 39.2. The van der Waals surface area contributed by atoms with Crippen LogP contribution in [0.25, 0.3) is 0 Å². The fourth-order valence-corrected chi connectivity index (χ4v) is 4.42. The Bertz CT molecular complexity index is 953. The number of carbonyl (C=O) groups excluding carboxylic acids is 3. The summed E-state index contributed by atoms with van der Waals surface area (Å²) in [6.07, 6.45) is 4.52. The van der Waals surface area contributed by atoms with E-state index in [2.05, 4.69) is 0 Å². The first kappa shape index (κ1) is 20.3. The molecule has 1 aliphatic heterocycles. The number of aryl methyl sites for hydroxylation is 2. The molecule has 2 aromatic rings. The molecule has 4 rings (SSSR count). The molecule has 0 spiro atoms.